The zero-order valence-corrected chi connectivity index (χ0v) is 15.4. The molecule has 1 saturated heterocycles. The number of nitrogens with zero attached hydrogens (tertiary/aromatic N) is 2. The van der Waals surface area contributed by atoms with E-state index in [1.165, 1.54) is 0 Å². The average molecular weight is 347 g/mol. The van der Waals surface area contributed by atoms with Crippen LogP contribution in [0, 0.1) is 0 Å². The van der Waals surface area contributed by atoms with Crippen LogP contribution in [-0.2, 0) is 9.47 Å². The highest BCUT2D eigenvalue weighted by Gasteiger charge is 2.28. The summed E-state index contributed by atoms with van der Waals surface area (Å²) in [5.74, 6) is 1.98. The molecule has 22 heavy (non-hydrogen) atoms. The number of rotatable bonds is 7. The highest BCUT2D eigenvalue weighted by atomic mass is 33.1. The zero-order chi connectivity index (χ0) is 16.1. The molecular weight excluding hydrogens is 320 g/mol. The second-order valence-corrected chi connectivity index (χ2v) is 9.28. The monoisotopic (exact) mass is 346 g/mol. The largest absolute Gasteiger partial charge is 0.463 e. The Bertz CT molecular complexity index is 439. The van der Waals surface area contributed by atoms with Crippen LogP contribution in [0.15, 0.2) is 9.98 Å². The van der Waals surface area contributed by atoms with Crippen molar-refractivity contribution in [1.82, 2.24) is 10.6 Å². The van der Waals surface area contributed by atoms with E-state index in [2.05, 4.69) is 48.3 Å². The first kappa shape index (κ1) is 17.6. The fourth-order valence-electron chi connectivity index (χ4n) is 1.87. The van der Waals surface area contributed by atoms with Crippen LogP contribution in [0.3, 0.4) is 0 Å². The molecule has 0 radical (unpaired) electrons. The van der Waals surface area contributed by atoms with Crippen molar-refractivity contribution in [2.45, 2.75) is 38.8 Å². The van der Waals surface area contributed by atoms with Crippen molar-refractivity contribution in [3.05, 3.63) is 0 Å². The van der Waals surface area contributed by atoms with Crippen molar-refractivity contribution < 1.29 is 9.47 Å². The van der Waals surface area contributed by atoms with E-state index in [-0.39, 0.29) is 11.1 Å². The summed E-state index contributed by atoms with van der Waals surface area (Å²) < 4.78 is 10.9. The molecule has 2 aliphatic rings. The fraction of sp³-hybridized carbons (Fsp3) is 0.857. The Morgan fingerprint density at radius 1 is 1.18 bits per heavy atom. The molecule has 0 aliphatic carbocycles. The SMILES string of the molecule is CC1(C)COC(NCCSSCCN=C2NC(C)(C)CO2)=N1. The second-order valence-electron chi connectivity index (χ2n) is 6.57. The molecule has 0 aromatic carbocycles. The number of hydrogen-bond acceptors (Lipinski definition) is 7. The van der Waals surface area contributed by atoms with E-state index in [9.17, 15) is 0 Å². The van der Waals surface area contributed by atoms with Crippen LogP contribution in [-0.4, -0.2) is 60.9 Å². The van der Waals surface area contributed by atoms with Crippen LogP contribution in [0.4, 0.5) is 0 Å². The van der Waals surface area contributed by atoms with Gasteiger partial charge in [-0.15, -0.1) is 0 Å². The van der Waals surface area contributed by atoms with E-state index >= 15 is 0 Å². The van der Waals surface area contributed by atoms with Gasteiger partial charge in [-0.05, 0) is 27.7 Å². The zero-order valence-electron chi connectivity index (χ0n) is 13.8. The summed E-state index contributed by atoms with van der Waals surface area (Å²) in [4.78, 5) is 8.86. The highest BCUT2D eigenvalue weighted by Crippen LogP contribution is 2.20. The van der Waals surface area contributed by atoms with Gasteiger partial charge in [-0.2, -0.15) is 0 Å². The normalized spacial score (nSPS) is 23.6. The molecule has 0 unspecified atom stereocenters. The molecule has 0 bridgehead atoms. The maximum absolute atomic E-state index is 5.47. The van der Waals surface area contributed by atoms with E-state index in [4.69, 9.17) is 9.47 Å². The smallest absolute Gasteiger partial charge is 0.285 e. The molecule has 6 nitrogen and oxygen atoms in total. The quantitative estimate of drug-likeness (QED) is 0.542. The summed E-state index contributed by atoms with van der Waals surface area (Å²) in [6, 6.07) is 1.35. The van der Waals surface area contributed by atoms with Crippen molar-refractivity contribution in [2.24, 2.45) is 9.98 Å². The predicted octanol–water partition coefficient (Wildman–Crippen LogP) is 1.88. The maximum atomic E-state index is 5.47. The molecule has 0 atom stereocenters. The standard InChI is InChI=1S/C14H26N4O2S2/c1-13(2)9-19-11(17-13)15-5-7-21-22-8-6-16-12-18-14(3,4)10-20-12/h5-10H2,1-4H3,(H,15,17)(H,16,18). The second kappa shape index (κ2) is 7.68. The summed E-state index contributed by atoms with van der Waals surface area (Å²) in [7, 11) is 3.66. The predicted molar refractivity (Wildman–Crippen MR) is 95.9 cm³/mol. The van der Waals surface area contributed by atoms with Crippen LogP contribution in [0.1, 0.15) is 27.7 Å². The van der Waals surface area contributed by atoms with Crippen molar-refractivity contribution in [3.63, 3.8) is 0 Å². The molecule has 8 heteroatoms. The van der Waals surface area contributed by atoms with E-state index in [1.54, 1.807) is 0 Å². The number of amidine groups is 2. The lowest BCUT2D eigenvalue weighted by atomic mass is 10.1. The van der Waals surface area contributed by atoms with Gasteiger partial charge in [0.15, 0.2) is 0 Å². The maximum Gasteiger partial charge on any atom is 0.285 e. The molecule has 2 heterocycles. The summed E-state index contributed by atoms with van der Waals surface area (Å²) in [5.41, 5.74) is -0.0830. The first-order chi connectivity index (χ1) is 10.4. The van der Waals surface area contributed by atoms with Crippen molar-refractivity contribution in [1.29, 1.82) is 0 Å². The summed E-state index contributed by atoms with van der Waals surface area (Å²) >= 11 is 0. The Balaban J connectivity index is 1.46. The van der Waals surface area contributed by atoms with Gasteiger partial charge in [0.2, 0.25) is 0 Å². The molecule has 1 fully saturated rings. The van der Waals surface area contributed by atoms with Crippen molar-refractivity contribution >= 4 is 33.6 Å². The number of hydrogen-bond donors (Lipinski definition) is 2. The third-order valence-electron chi connectivity index (χ3n) is 2.96. The molecule has 0 amide bonds. The number of ether oxygens (including phenoxy) is 2. The van der Waals surface area contributed by atoms with Crippen LogP contribution < -0.4 is 10.6 Å². The molecular formula is C14H26N4O2S2. The Morgan fingerprint density at radius 2 is 1.95 bits per heavy atom. The highest BCUT2D eigenvalue weighted by molar-refractivity contribution is 8.76. The lowest BCUT2D eigenvalue weighted by Crippen LogP contribution is -2.36. The first-order valence-corrected chi connectivity index (χ1v) is 10.0. The van der Waals surface area contributed by atoms with E-state index in [0.717, 1.165) is 24.6 Å². The van der Waals surface area contributed by atoms with Gasteiger partial charge in [-0.25, -0.2) is 9.98 Å². The number of aliphatic imine (C=N–C) groups is 2. The third kappa shape index (κ3) is 6.16. The molecule has 2 aliphatic heterocycles. The first-order valence-electron chi connectivity index (χ1n) is 7.53. The minimum atomic E-state index is -0.0890. The Hall–Kier alpha value is -0.760. The number of nitrogens with one attached hydrogen (secondary N) is 2. The topological polar surface area (TPSA) is 67.2 Å². The minimum absolute atomic E-state index is 0.00594. The molecule has 0 spiro atoms. The summed E-state index contributed by atoms with van der Waals surface area (Å²) in [6.07, 6.45) is 0. The minimum Gasteiger partial charge on any atom is -0.463 e. The van der Waals surface area contributed by atoms with Crippen LogP contribution >= 0.6 is 21.6 Å². The van der Waals surface area contributed by atoms with Gasteiger partial charge in [-0.3, -0.25) is 0 Å². The van der Waals surface area contributed by atoms with E-state index in [0.29, 0.717) is 25.3 Å². The third-order valence-corrected chi connectivity index (χ3v) is 5.34. The molecule has 0 aromatic rings. The van der Waals surface area contributed by atoms with Gasteiger partial charge in [0.25, 0.3) is 12.0 Å². The van der Waals surface area contributed by atoms with Gasteiger partial charge in [-0.1, -0.05) is 21.6 Å². The lowest BCUT2D eigenvalue weighted by molar-refractivity contribution is 0.270. The summed E-state index contributed by atoms with van der Waals surface area (Å²) in [6.45, 7) is 11.3. The molecule has 2 N–H and O–H groups in total. The van der Waals surface area contributed by atoms with Crippen LogP contribution in [0.2, 0.25) is 0 Å². The fourth-order valence-corrected chi connectivity index (χ4v) is 3.64. The average Bonchev–Trinajstić information content (AvgIpc) is 2.95. The Morgan fingerprint density at radius 3 is 2.59 bits per heavy atom. The van der Waals surface area contributed by atoms with Gasteiger partial charge >= 0.3 is 0 Å². The molecule has 0 saturated carbocycles. The molecule has 2 rings (SSSR count). The van der Waals surface area contributed by atoms with Gasteiger partial charge < -0.3 is 20.1 Å². The Kier molecular flexibility index (Phi) is 6.14. The van der Waals surface area contributed by atoms with Crippen molar-refractivity contribution in [3.8, 4) is 0 Å². The molecule has 0 aromatic heterocycles. The van der Waals surface area contributed by atoms with Crippen molar-refractivity contribution in [2.75, 3.05) is 37.8 Å². The van der Waals surface area contributed by atoms with Crippen LogP contribution in [0.5, 0.6) is 0 Å². The van der Waals surface area contributed by atoms with E-state index in [1.807, 2.05) is 21.6 Å². The molecule has 126 valence electrons. The van der Waals surface area contributed by atoms with Gasteiger partial charge in [0.1, 0.15) is 13.2 Å². The lowest BCUT2D eigenvalue weighted by Gasteiger charge is -2.12. The Labute approximate surface area is 140 Å². The van der Waals surface area contributed by atoms with Gasteiger partial charge in [0, 0.05) is 18.1 Å². The summed E-state index contributed by atoms with van der Waals surface area (Å²) in [5, 5.41) is 6.47. The van der Waals surface area contributed by atoms with Crippen LogP contribution in [0.25, 0.3) is 0 Å². The van der Waals surface area contributed by atoms with Gasteiger partial charge in [0.05, 0.1) is 17.6 Å². The van der Waals surface area contributed by atoms with E-state index < -0.39 is 0 Å².